The standard InChI is InChI=1S/C11H20N2O4/c1-8(15)13-10(16)6-9(12)11(2,3)7-17-5-4-14/h6,14H,4-5,7,12H2,1-3H3,(H,13,15,16). The second-order valence-corrected chi connectivity index (χ2v) is 4.31. The third-order valence-electron chi connectivity index (χ3n) is 2.07. The van der Waals surface area contributed by atoms with Gasteiger partial charge in [0.05, 0.1) is 19.8 Å². The molecular formula is C11H20N2O4. The van der Waals surface area contributed by atoms with Crippen molar-refractivity contribution in [1.29, 1.82) is 0 Å². The fourth-order valence-electron chi connectivity index (χ4n) is 1.02. The topological polar surface area (TPSA) is 102 Å². The molecule has 0 radical (unpaired) electrons. The smallest absolute Gasteiger partial charge is 0.252 e. The lowest BCUT2D eigenvalue weighted by Gasteiger charge is -2.24. The third-order valence-corrected chi connectivity index (χ3v) is 2.07. The summed E-state index contributed by atoms with van der Waals surface area (Å²) in [5.74, 6) is -0.987. The van der Waals surface area contributed by atoms with Crippen LogP contribution in [0, 0.1) is 5.41 Å². The minimum absolute atomic E-state index is 0.0650. The Hall–Kier alpha value is -1.40. The summed E-state index contributed by atoms with van der Waals surface area (Å²) < 4.78 is 5.16. The largest absolute Gasteiger partial charge is 0.401 e. The molecule has 0 unspecified atom stereocenters. The normalized spacial score (nSPS) is 12.4. The number of amides is 2. The van der Waals surface area contributed by atoms with Crippen LogP contribution in [0.4, 0.5) is 0 Å². The summed E-state index contributed by atoms with van der Waals surface area (Å²) in [6, 6.07) is 0. The summed E-state index contributed by atoms with van der Waals surface area (Å²) in [5.41, 5.74) is 5.53. The zero-order valence-corrected chi connectivity index (χ0v) is 10.4. The fourth-order valence-corrected chi connectivity index (χ4v) is 1.02. The highest BCUT2D eigenvalue weighted by molar-refractivity contribution is 6.00. The van der Waals surface area contributed by atoms with Gasteiger partial charge in [-0.15, -0.1) is 0 Å². The molecule has 0 aromatic heterocycles. The highest BCUT2D eigenvalue weighted by Crippen LogP contribution is 2.22. The Kier molecular flexibility index (Phi) is 6.45. The van der Waals surface area contributed by atoms with Crippen LogP contribution in [0.3, 0.4) is 0 Å². The number of nitrogens with one attached hydrogen (secondary N) is 1. The van der Waals surface area contributed by atoms with Crippen LogP contribution >= 0.6 is 0 Å². The van der Waals surface area contributed by atoms with Crippen LogP contribution < -0.4 is 11.1 Å². The average molecular weight is 244 g/mol. The molecule has 0 aliphatic carbocycles. The number of carbonyl (C=O) groups is 2. The van der Waals surface area contributed by atoms with Gasteiger partial charge in [0.25, 0.3) is 5.91 Å². The molecule has 98 valence electrons. The highest BCUT2D eigenvalue weighted by atomic mass is 16.5. The molecule has 0 saturated heterocycles. The van der Waals surface area contributed by atoms with E-state index >= 15 is 0 Å². The lowest BCUT2D eigenvalue weighted by molar-refractivity contribution is -0.126. The van der Waals surface area contributed by atoms with Crippen molar-refractivity contribution in [2.24, 2.45) is 11.1 Å². The molecule has 6 nitrogen and oxygen atoms in total. The zero-order chi connectivity index (χ0) is 13.5. The van der Waals surface area contributed by atoms with E-state index in [2.05, 4.69) is 5.32 Å². The van der Waals surface area contributed by atoms with Gasteiger partial charge < -0.3 is 15.6 Å². The van der Waals surface area contributed by atoms with E-state index in [-0.39, 0.29) is 19.8 Å². The van der Waals surface area contributed by atoms with E-state index in [0.29, 0.717) is 5.70 Å². The summed E-state index contributed by atoms with van der Waals surface area (Å²) in [7, 11) is 0. The predicted molar refractivity (Wildman–Crippen MR) is 62.8 cm³/mol. The van der Waals surface area contributed by atoms with E-state index in [1.54, 1.807) is 13.8 Å². The average Bonchev–Trinajstić information content (AvgIpc) is 2.16. The zero-order valence-electron chi connectivity index (χ0n) is 10.4. The van der Waals surface area contributed by atoms with Gasteiger partial charge in [-0.2, -0.15) is 0 Å². The molecule has 17 heavy (non-hydrogen) atoms. The number of hydrogen-bond acceptors (Lipinski definition) is 5. The van der Waals surface area contributed by atoms with E-state index in [9.17, 15) is 9.59 Å². The lowest BCUT2D eigenvalue weighted by atomic mass is 9.90. The van der Waals surface area contributed by atoms with Gasteiger partial charge in [-0.05, 0) is 0 Å². The van der Waals surface area contributed by atoms with Crippen molar-refractivity contribution in [2.45, 2.75) is 20.8 Å². The number of aliphatic hydroxyl groups is 1. The summed E-state index contributed by atoms with van der Waals surface area (Å²) in [6.07, 6.45) is 1.17. The first kappa shape index (κ1) is 15.6. The predicted octanol–water partition coefficient (Wildman–Crippen LogP) is -0.473. The molecule has 0 aromatic carbocycles. The molecule has 0 spiro atoms. The molecule has 2 amide bonds. The summed E-state index contributed by atoms with van der Waals surface area (Å²) in [6.45, 7) is 5.29. The number of ether oxygens (including phenoxy) is 1. The Balaban J connectivity index is 4.43. The van der Waals surface area contributed by atoms with Crippen LogP contribution in [0.5, 0.6) is 0 Å². The number of carbonyl (C=O) groups excluding carboxylic acids is 2. The Morgan fingerprint density at radius 2 is 2.06 bits per heavy atom. The third kappa shape index (κ3) is 6.70. The van der Waals surface area contributed by atoms with Crippen molar-refractivity contribution in [3.8, 4) is 0 Å². The van der Waals surface area contributed by atoms with Crippen LogP contribution in [0.2, 0.25) is 0 Å². The molecule has 0 fully saturated rings. The van der Waals surface area contributed by atoms with E-state index in [4.69, 9.17) is 15.6 Å². The number of hydrogen-bond donors (Lipinski definition) is 3. The Morgan fingerprint density at radius 3 is 2.53 bits per heavy atom. The fraction of sp³-hybridized carbons (Fsp3) is 0.636. The lowest BCUT2D eigenvalue weighted by Crippen LogP contribution is -2.32. The van der Waals surface area contributed by atoms with Crippen LogP contribution in [-0.2, 0) is 14.3 Å². The first-order chi connectivity index (χ1) is 7.79. The maximum absolute atomic E-state index is 11.3. The number of rotatable bonds is 6. The van der Waals surface area contributed by atoms with E-state index in [0.717, 1.165) is 0 Å². The number of nitrogens with two attached hydrogens (primary N) is 1. The van der Waals surface area contributed by atoms with Gasteiger partial charge in [0.15, 0.2) is 0 Å². The van der Waals surface area contributed by atoms with Gasteiger partial charge in [-0.25, -0.2) is 0 Å². The summed E-state index contributed by atoms with van der Waals surface area (Å²) >= 11 is 0. The second-order valence-electron chi connectivity index (χ2n) is 4.31. The van der Waals surface area contributed by atoms with Crippen molar-refractivity contribution >= 4 is 11.8 Å². The summed E-state index contributed by atoms with van der Waals surface area (Å²) in [5, 5.41) is 10.7. The maximum Gasteiger partial charge on any atom is 0.252 e. The quantitative estimate of drug-likeness (QED) is 0.433. The van der Waals surface area contributed by atoms with Crippen LogP contribution in [-0.4, -0.2) is 36.7 Å². The molecule has 0 aromatic rings. The van der Waals surface area contributed by atoms with Gasteiger partial charge in [0.1, 0.15) is 0 Å². The van der Waals surface area contributed by atoms with Crippen molar-refractivity contribution in [3.63, 3.8) is 0 Å². The molecule has 0 heterocycles. The summed E-state index contributed by atoms with van der Waals surface area (Å²) in [4.78, 5) is 21.9. The van der Waals surface area contributed by atoms with Crippen molar-refractivity contribution in [3.05, 3.63) is 11.8 Å². The second kappa shape index (κ2) is 7.03. The molecule has 6 heteroatoms. The Labute approximate surface area is 101 Å². The van der Waals surface area contributed by atoms with Crippen molar-refractivity contribution in [1.82, 2.24) is 5.32 Å². The monoisotopic (exact) mass is 244 g/mol. The van der Waals surface area contributed by atoms with Crippen LogP contribution in [0.25, 0.3) is 0 Å². The van der Waals surface area contributed by atoms with E-state index < -0.39 is 17.2 Å². The Bertz CT molecular complexity index is 311. The minimum atomic E-state index is -0.551. The van der Waals surface area contributed by atoms with Gasteiger partial charge >= 0.3 is 0 Å². The molecule has 0 atom stereocenters. The molecule has 0 saturated carbocycles. The first-order valence-electron chi connectivity index (χ1n) is 5.27. The van der Waals surface area contributed by atoms with Crippen molar-refractivity contribution in [2.75, 3.05) is 19.8 Å². The van der Waals surface area contributed by atoms with Gasteiger partial charge in [-0.3, -0.25) is 14.9 Å². The maximum atomic E-state index is 11.3. The molecule has 0 aliphatic heterocycles. The number of aliphatic hydroxyl groups excluding tert-OH is 1. The van der Waals surface area contributed by atoms with Crippen LogP contribution in [0.15, 0.2) is 11.8 Å². The van der Waals surface area contributed by atoms with E-state index in [1.807, 2.05) is 0 Å². The van der Waals surface area contributed by atoms with Gasteiger partial charge in [0.2, 0.25) is 5.91 Å². The Morgan fingerprint density at radius 1 is 1.47 bits per heavy atom. The number of imide groups is 1. The van der Waals surface area contributed by atoms with Crippen molar-refractivity contribution < 1.29 is 19.4 Å². The minimum Gasteiger partial charge on any atom is -0.401 e. The van der Waals surface area contributed by atoms with E-state index in [1.165, 1.54) is 13.0 Å². The SMILES string of the molecule is CC(=O)NC(=O)C=C(N)C(C)(C)COCCO. The molecule has 0 rings (SSSR count). The molecule has 4 N–H and O–H groups in total. The highest BCUT2D eigenvalue weighted by Gasteiger charge is 2.22. The molecule has 0 aliphatic rings. The molecule has 0 bridgehead atoms. The van der Waals surface area contributed by atoms with Gasteiger partial charge in [0, 0.05) is 24.1 Å². The molecular weight excluding hydrogens is 224 g/mol. The van der Waals surface area contributed by atoms with Crippen LogP contribution in [0.1, 0.15) is 20.8 Å². The van der Waals surface area contributed by atoms with Gasteiger partial charge in [-0.1, -0.05) is 13.8 Å². The first-order valence-corrected chi connectivity index (χ1v) is 5.27.